The molecular formula is C24H29ClN4O3. The maximum Gasteiger partial charge on any atom is 0.266 e. The van der Waals surface area contributed by atoms with Crippen LogP contribution in [0.1, 0.15) is 18.4 Å². The molecule has 0 spiro atoms. The molecule has 2 aliphatic heterocycles. The van der Waals surface area contributed by atoms with Gasteiger partial charge in [0, 0.05) is 43.4 Å². The Bertz CT molecular complexity index is 975. The molecule has 2 aliphatic rings. The van der Waals surface area contributed by atoms with Gasteiger partial charge in [0.15, 0.2) is 6.10 Å². The number of carbonyl (C=O) groups is 2. The normalized spacial score (nSPS) is 18.5. The van der Waals surface area contributed by atoms with Crippen molar-refractivity contribution in [1.82, 2.24) is 10.2 Å². The molecule has 2 N–H and O–H groups in total. The number of rotatable bonds is 7. The zero-order valence-electron chi connectivity index (χ0n) is 18.3. The van der Waals surface area contributed by atoms with Gasteiger partial charge in [-0.05, 0) is 49.7 Å². The van der Waals surface area contributed by atoms with E-state index in [4.69, 9.17) is 16.3 Å². The van der Waals surface area contributed by atoms with Gasteiger partial charge in [0.25, 0.3) is 5.91 Å². The highest BCUT2D eigenvalue weighted by Crippen LogP contribution is 2.29. The molecule has 4 rings (SSSR count). The van der Waals surface area contributed by atoms with Crippen LogP contribution < -0.4 is 20.3 Å². The number of anilines is 2. The minimum Gasteiger partial charge on any atom is -0.478 e. The number of amides is 2. The lowest BCUT2D eigenvalue weighted by Gasteiger charge is -2.37. The van der Waals surface area contributed by atoms with E-state index in [1.54, 1.807) is 12.1 Å². The Morgan fingerprint density at radius 1 is 1.19 bits per heavy atom. The standard InChI is InChI=1S/C24H29ClN4O3/c1-17-7-8-18(25)15-20(17)29-13-11-28(12-14-29)10-4-9-26-23(30)16-22-24(31)27-19-5-2-3-6-21(19)32-22/h2-3,5-8,15,22H,4,9-14,16H2,1H3,(H,26,30)(H,27,31)/t22-/m0/s1. The van der Waals surface area contributed by atoms with Gasteiger partial charge >= 0.3 is 0 Å². The van der Waals surface area contributed by atoms with Crippen molar-refractivity contribution in [3.05, 3.63) is 53.1 Å². The molecule has 0 radical (unpaired) electrons. The van der Waals surface area contributed by atoms with Crippen molar-refractivity contribution in [3.8, 4) is 5.75 Å². The van der Waals surface area contributed by atoms with Crippen molar-refractivity contribution in [3.63, 3.8) is 0 Å². The van der Waals surface area contributed by atoms with E-state index in [0.29, 0.717) is 18.0 Å². The van der Waals surface area contributed by atoms with Crippen LogP contribution in [0, 0.1) is 6.92 Å². The monoisotopic (exact) mass is 456 g/mol. The van der Waals surface area contributed by atoms with E-state index in [1.807, 2.05) is 24.3 Å². The quantitative estimate of drug-likeness (QED) is 0.626. The van der Waals surface area contributed by atoms with E-state index in [0.717, 1.165) is 44.2 Å². The summed E-state index contributed by atoms with van der Waals surface area (Å²) in [5.74, 6) is 0.134. The van der Waals surface area contributed by atoms with Crippen molar-refractivity contribution in [2.75, 3.05) is 49.5 Å². The summed E-state index contributed by atoms with van der Waals surface area (Å²) in [7, 11) is 0. The molecule has 0 aliphatic carbocycles. The fourth-order valence-electron chi connectivity index (χ4n) is 4.13. The second kappa shape index (κ2) is 10.2. The second-order valence-electron chi connectivity index (χ2n) is 8.26. The minimum absolute atomic E-state index is 0.0117. The maximum atomic E-state index is 12.3. The second-order valence-corrected chi connectivity index (χ2v) is 8.70. The van der Waals surface area contributed by atoms with Gasteiger partial charge in [0.2, 0.25) is 5.91 Å². The SMILES string of the molecule is Cc1ccc(Cl)cc1N1CCN(CCCNC(=O)C[C@@H]2Oc3ccccc3NC2=O)CC1. The van der Waals surface area contributed by atoms with Crippen LogP contribution in [0.3, 0.4) is 0 Å². The molecule has 170 valence electrons. The number of halogens is 1. The molecule has 0 saturated carbocycles. The summed E-state index contributed by atoms with van der Waals surface area (Å²) in [6.45, 7) is 7.51. The molecular weight excluding hydrogens is 428 g/mol. The number of aryl methyl sites for hydroxylation is 1. The molecule has 2 aromatic carbocycles. The summed E-state index contributed by atoms with van der Waals surface area (Å²) < 4.78 is 5.68. The number of para-hydroxylation sites is 2. The number of nitrogens with zero attached hydrogens (tertiary/aromatic N) is 2. The van der Waals surface area contributed by atoms with Crippen LogP contribution in [0.4, 0.5) is 11.4 Å². The van der Waals surface area contributed by atoms with Crippen molar-refractivity contribution in [1.29, 1.82) is 0 Å². The predicted molar refractivity (Wildman–Crippen MR) is 127 cm³/mol. The first-order chi connectivity index (χ1) is 15.5. The van der Waals surface area contributed by atoms with Crippen LogP contribution >= 0.6 is 11.6 Å². The zero-order chi connectivity index (χ0) is 22.5. The number of hydrogen-bond donors (Lipinski definition) is 2. The molecule has 0 aromatic heterocycles. The topological polar surface area (TPSA) is 73.9 Å². The maximum absolute atomic E-state index is 12.3. The third-order valence-electron chi connectivity index (χ3n) is 5.93. The summed E-state index contributed by atoms with van der Waals surface area (Å²) >= 11 is 6.17. The van der Waals surface area contributed by atoms with Gasteiger partial charge in [-0.3, -0.25) is 14.5 Å². The molecule has 1 fully saturated rings. The summed E-state index contributed by atoms with van der Waals surface area (Å²) in [6, 6.07) is 13.3. The third-order valence-corrected chi connectivity index (χ3v) is 6.17. The van der Waals surface area contributed by atoms with Crippen molar-refractivity contribution < 1.29 is 14.3 Å². The number of ether oxygens (including phenoxy) is 1. The van der Waals surface area contributed by atoms with E-state index in [9.17, 15) is 9.59 Å². The van der Waals surface area contributed by atoms with Gasteiger partial charge in [-0.15, -0.1) is 0 Å². The van der Waals surface area contributed by atoms with Crippen LogP contribution in [-0.2, 0) is 9.59 Å². The van der Waals surface area contributed by atoms with Gasteiger partial charge in [-0.1, -0.05) is 29.8 Å². The molecule has 0 bridgehead atoms. The van der Waals surface area contributed by atoms with Crippen molar-refractivity contribution in [2.24, 2.45) is 0 Å². The highest BCUT2D eigenvalue weighted by molar-refractivity contribution is 6.30. The number of nitrogens with one attached hydrogen (secondary N) is 2. The predicted octanol–water partition coefficient (Wildman–Crippen LogP) is 3.07. The lowest BCUT2D eigenvalue weighted by atomic mass is 10.1. The molecule has 1 atom stereocenters. The average molecular weight is 457 g/mol. The highest BCUT2D eigenvalue weighted by atomic mass is 35.5. The molecule has 1 saturated heterocycles. The van der Waals surface area contributed by atoms with Gasteiger partial charge in [-0.25, -0.2) is 0 Å². The Hall–Kier alpha value is -2.77. The fraction of sp³-hybridized carbons (Fsp3) is 0.417. The van der Waals surface area contributed by atoms with Crippen LogP contribution in [0.25, 0.3) is 0 Å². The van der Waals surface area contributed by atoms with Crippen LogP contribution in [0.15, 0.2) is 42.5 Å². The molecule has 8 heteroatoms. The van der Waals surface area contributed by atoms with Gasteiger partial charge in [0.1, 0.15) is 5.75 Å². The lowest BCUT2D eigenvalue weighted by Crippen LogP contribution is -2.47. The van der Waals surface area contributed by atoms with Gasteiger partial charge in [-0.2, -0.15) is 0 Å². The summed E-state index contributed by atoms with van der Waals surface area (Å²) in [4.78, 5) is 29.2. The van der Waals surface area contributed by atoms with E-state index >= 15 is 0 Å². The van der Waals surface area contributed by atoms with E-state index in [1.165, 1.54) is 11.3 Å². The van der Waals surface area contributed by atoms with Gasteiger partial charge in [0.05, 0.1) is 12.1 Å². The van der Waals surface area contributed by atoms with Crippen molar-refractivity contribution >= 4 is 34.8 Å². The molecule has 32 heavy (non-hydrogen) atoms. The lowest BCUT2D eigenvalue weighted by molar-refractivity contribution is -0.130. The zero-order valence-corrected chi connectivity index (χ0v) is 19.0. The number of hydrogen-bond acceptors (Lipinski definition) is 5. The molecule has 0 unspecified atom stereocenters. The van der Waals surface area contributed by atoms with Crippen LogP contribution in [-0.4, -0.2) is 62.1 Å². The first-order valence-electron chi connectivity index (χ1n) is 11.1. The largest absolute Gasteiger partial charge is 0.478 e. The van der Waals surface area contributed by atoms with Gasteiger partial charge < -0.3 is 20.3 Å². The Morgan fingerprint density at radius 2 is 1.97 bits per heavy atom. The fourth-order valence-corrected chi connectivity index (χ4v) is 4.30. The Labute approximate surface area is 193 Å². The third kappa shape index (κ3) is 5.53. The smallest absolute Gasteiger partial charge is 0.266 e. The first-order valence-corrected chi connectivity index (χ1v) is 11.4. The van der Waals surface area contributed by atoms with E-state index in [-0.39, 0.29) is 18.2 Å². The number of fused-ring (bicyclic) bond motifs is 1. The van der Waals surface area contributed by atoms with E-state index in [2.05, 4.69) is 33.4 Å². The van der Waals surface area contributed by atoms with Crippen molar-refractivity contribution in [2.45, 2.75) is 25.9 Å². The summed E-state index contributed by atoms with van der Waals surface area (Å²) in [5, 5.41) is 6.46. The summed E-state index contributed by atoms with van der Waals surface area (Å²) in [5.41, 5.74) is 3.09. The Morgan fingerprint density at radius 3 is 2.78 bits per heavy atom. The highest BCUT2D eigenvalue weighted by Gasteiger charge is 2.29. The first kappa shape index (κ1) is 22.4. The van der Waals surface area contributed by atoms with Crippen LogP contribution in [0.2, 0.25) is 5.02 Å². The van der Waals surface area contributed by atoms with Crippen LogP contribution in [0.5, 0.6) is 5.75 Å². The molecule has 7 nitrogen and oxygen atoms in total. The van der Waals surface area contributed by atoms with E-state index < -0.39 is 6.10 Å². The minimum atomic E-state index is -0.798. The molecule has 2 heterocycles. The average Bonchev–Trinajstić information content (AvgIpc) is 2.79. The molecule has 2 aromatic rings. The number of benzene rings is 2. The molecule has 2 amide bonds. The Balaban J connectivity index is 1.14. The summed E-state index contributed by atoms with van der Waals surface area (Å²) in [6.07, 6.45) is 0.0771. The number of piperazine rings is 1. The number of carbonyl (C=O) groups excluding carboxylic acids is 2. The Kier molecular flexibility index (Phi) is 7.17.